The van der Waals surface area contributed by atoms with Crippen LogP contribution in [0.25, 0.3) is 0 Å². The molecule has 2 atom stereocenters. The van der Waals surface area contributed by atoms with Crippen molar-refractivity contribution >= 4 is 27.6 Å². The normalized spacial score (nSPS) is 19.4. The fraction of sp³-hybridized carbons (Fsp3) is 0.364. The smallest absolute Gasteiger partial charge is 0.338 e. The molecular formula is C22H24F2N2O5S. The number of esters is 1. The quantitative estimate of drug-likeness (QED) is 0.659. The van der Waals surface area contributed by atoms with Gasteiger partial charge in [0.25, 0.3) is 5.91 Å². The molecule has 1 aliphatic heterocycles. The van der Waals surface area contributed by atoms with E-state index in [2.05, 4.69) is 5.32 Å². The molecule has 1 fully saturated rings. The Bertz CT molecular complexity index is 1100. The Labute approximate surface area is 185 Å². The third-order valence-corrected chi connectivity index (χ3v) is 6.95. The van der Waals surface area contributed by atoms with Crippen LogP contribution >= 0.6 is 0 Å². The Morgan fingerprint density at radius 2 is 1.69 bits per heavy atom. The first kappa shape index (κ1) is 23.8. The molecule has 0 aromatic heterocycles. The molecule has 1 N–H and O–H groups in total. The van der Waals surface area contributed by atoms with Crippen molar-refractivity contribution in [2.75, 3.05) is 25.0 Å². The average molecular weight is 467 g/mol. The molecule has 2 aromatic carbocycles. The number of anilines is 1. The van der Waals surface area contributed by atoms with Gasteiger partial charge in [-0.1, -0.05) is 13.8 Å². The van der Waals surface area contributed by atoms with Crippen molar-refractivity contribution in [3.63, 3.8) is 0 Å². The zero-order chi connectivity index (χ0) is 23.5. The highest BCUT2D eigenvalue weighted by molar-refractivity contribution is 7.89. The van der Waals surface area contributed by atoms with E-state index >= 15 is 0 Å². The number of rotatable bonds is 6. The maximum absolute atomic E-state index is 13.6. The molecule has 7 nitrogen and oxygen atoms in total. The molecule has 1 saturated heterocycles. The first-order valence-corrected chi connectivity index (χ1v) is 11.5. The third-order valence-electron chi connectivity index (χ3n) is 5.10. The Morgan fingerprint density at radius 3 is 2.31 bits per heavy atom. The monoisotopic (exact) mass is 466 g/mol. The van der Waals surface area contributed by atoms with Crippen LogP contribution in [0.1, 0.15) is 30.6 Å². The lowest BCUT2D eigenvalue weighted by atomic mass is 9.94. The minimum atomic E-state index is -3.69. The highest BCUT2D eigenvalue weighted by atomic mass is 32.2. The van der Waals surface area contributed by atoms with Gasteiger partial charge in [-0.05, 0) is 54.7 Å². The average Bonchev–Trinajstić information content (AvgIpc) is 2.74. The van der Waals surface area contributed by atoms with Gasteiger partial charge in [-0.15, -0.1) is 0 Å². The van der Waals surface area contributed by atoms with Crippen LogP contribution in [0, 0.1) is 23.5 Å². The van der Waals surface area contributed by atoms with E-state index in [1.54, 1.807) is 0 Å². The lowest BCUT2D eigenvalue weighted by Crippen LogP contribution is -2.42. The summed E-state index contributed by atoms with van der Waals surface area (Å²) in [5, 5.41) is 2.11. The van der Waals surface area contributed by atoms with E-state index in [1.807, 2.05) is 13.8 Å². The second-order valence-corrected chi connectivity index (χ2v) is 9.98. The van der Waals surface area contributed by atoms with Crippen LogP contribution in [0.15, 0.2) is 47.4 Å². The Balaban J connectivity index is 1.60. The van der Waals surface area contributed by atoms with E-state index in [0.717, 1.165) is 24.6 Å². The van der Waals surface area contributed by atoms with Crippen molar-refractivity contribution in [1.82, 2.24) is 4.31 Å². The molecular weight excluding hydrogens is 442 g/mol. The maximum atomic E-state index is 13.6. The lowest BCUT2D eigenvalue weighted by molar-refractivity contribution is -0.119. The standard InChI is InChI=1S/C22H24F2N2O5S/c1-14-9-15(2)12-26(11-14)32(29,30)18-6-3-16(4-7-18)22(28)31-13-21(27)25-20-10-17(23)5-8-19(20)24/h3-8,10,14-15H,9,11-13H2,1-2H3,(H,25,27)/t14-,15+. The molecule has 1 amide bonds. The zero-order valence-corrected chi connectivity index (χ0v) is 18.5. The molecule has 0 aliphatic carbocycles. The first-order valence-electron chi connectivity index (χ1n) is 10.1. The van der Waals surface area contributed by atoms with Crippen molar-refractivity contribution in [1.29, 1.82) is 0 Å². The van der Waals surface area contributed by atoms with Crippen LogP contribution in [-0.2, 0) is 19.6 Å². The number of carbonyl (C=O) groups excluding carboxylic acids is 2. The Kier molecular flexibility index (Phi) is 7.25. The van der Waals surface area contributed by atoms with Crippen LogP contribution in [0.5, 0.6) is 0 Å². The van der Waals surface area contributed by atoms with Crippen molar-refractivity contribution in [2.45, 2.75) is 25.2 Å². The summed E-state index contributed by atoms with van der Waals surface area (Å²) in [6, 6.07) is 7.81. The SMILES string of the molecule is C[C@@H]1C[C@H](C)CN(S(=O)(=O)c2ccc(C(=O)OCC(=O)Nc3cc(F)ccc3F)cc2)C1. The number of sulfonamides is 1. The van der Waals surface area contributed by atoms with Gasteiger partial charge in [-0.25, -0.2) is 22.0 Å². The number of halogens is 2. The molecule has 0 unspecified atom stereocenters. The molecule has 32 heavy (non-hydrogen) atoms. The number of nitrogens with one attached hydrogen (secondary N) is 1. The zero-order valence-electron chi connectivity index (χ0n) is 17.7. The molecule has 1 aliphatic rings. The van der Waals surface area contributed by atoms with E-state index in [4.69, 9.17) is 4.74 Å². The van der Waals surface area contributed by atoms with Gasteiger partial charge in [0.15, 0.2) is 6.61 Å². The summed E-state index contributed by atoms with van der Waals surface area (Å²) in [5.41, 5.74) is -0.323. The number of ether oxygens (including phenoxy) is 1. The molecule has 1 heterocycles. The molecule has 3 rings (SSSR count). The van der Waals surface area contributed by atoms with Gasteiger partial charge in [0.05, 0.1) is 16.1 Å². The number of benzene rings is 2. The van der Waals surface area contributed by atoms with Crippen molar-refractivity contribution in [2.24, 2.45) is 11.8 Å². The van der Waals surface area contributed by atoms with Crippen molar-refractivity contribution < 1.29 is 31.5 Å². The minimum Gasteiger partial charge on any atom is -0.452 e. The van der Waals surface area contributed by atoms with Gasteiger partial charge in [0.2, 0.25) is 10.0 Å². The second kappa shape index (κ2) is 9.74. The largest absolute Gasteiger partial charge is 0.452 e. The summed E-state index contributed by atoms with van der Waals surface area (Å²) in [5.74, 6) is -2.76. The van der Waals surface area contributed by atoms with E-state index in [1.165, 1.54) is 28.6 Å². The second-order valence-electron chi connectivity index (χ2n) is 8.04. The molecule has 0 saturated carbocycles. The van der Waals surface area contributed by atoms with E-state index in [0.29, 0.717) is 13.1 Å². The summed E-state index contributed by atoms with van der Waals surface area (Å²) >= 11 is 0. The summed E-state index contributed by atoms with van der Waals surface area (Å²) in [4.78, 5) is 24.1. The highest BCUT2D eigenvalue weighted by Crippen LogP contribution is 2.26. The van der Waals surface area contributed by atoms with Crippen LogP contribution in [0.3, 0.4) is 0 Å². The predicted octanol–water partition coefficient (Wildman–Crippen LogP) is 3.43. The summed E-state index contributed by atoms with van der Waals surface area (Å²) in [6.07, 6.45) is 0.968. The first-order chi connectivity index (χ1) is 15.1. The fourth-order valence-corrected chi connectivity index (χ4v) is 5.39. The minimum absolute atomic E-state index is 0.0501. The maximum Gasteiger partial charge on any atom is 0.338 e. The number of amides is 1. The topological polar surface area (TPSA) is 92.8 Å². The van der Waals surface area contributed by atoms with Crippen LogP contribution in [-0.4, -0.2) is 44.3 Å². The number of carbonyl (C=O) groups is 2. The molecule has 10 heteroatoms. The summed E-state index contributed by atoms with van der Waals surface area (Å²) < 4.78 is 58.8. The molecule has 0 radical (unpaired) electrons. The van der Waals surface area contributed by atoms with E-state index < -0.39 is 40.1 Å². The predicted molar refractivity (Wildman–Crippen MR) is 113 cm³/mol. The number of hydrogen-bond acceptors (Lipinski definition) is 5. The van der Waals surface area contributed by atoms with Gasteiger partial charge in [-0.3, -0.25) is 4.79 Å². The van der Waals surface area contributed by atoms with E-state index in [9.17, 15) is 26.8 Å². The van der Waals surface area contributed by atoms with Gasteiger partial charge in [-0.2, -0.15) is 4.31 Å². The Morgan fingerprint density at radius 1 is 1.06 bits per heavy atom. The number of hydrogen-bond donors (Lipinski definition) is 1. The molecule has 0 bridgehead atoms. The summed E-state index contributed by atoms with van der Waals surface area (Å²) in [7, 11) is -3.69. The van der Waals surface area contributed by atoms with E-state index in [-0.39, 0.29) is 28.0 Å². The van der Waals surface area contributed by atoms with Crippen LogP contribution < -0.4 is 5.32 Å². The Hall–Kier alpha value is -2.85. The van der Waals surface area contributed by atoms with Crippen LogP contribution in [0.4, 0.5) is 14.5 Å². The number of piperidine rings is 1. The molecule has 0 spiro atoms. The molecule has 172 valence electrons. The van der Waals surface area contributed by atoms with Crippen LogP contribution in [0.2, 0.25) is 0 Å². The fourth-order valence-electron chi connectivity index (χ4n) is 3.71. The lowest BCUT2D eigenvalue weighted by Gasteiger charge is -2.34. The highest BCUT2D eigenvalue weighted by Gasteiger charge is 2.31. The third kappa shape index (κ3) is 5.68. The van der Waals surface area contributed by atoms with Crippen molar-refractivity contribution in [3.05, 3.63) is 59.7 Å². The van der Waals surface area contributed by atoms with Gasteiger partial charge in [0.1, 0.15) is 11.6 Å². The van der Waals surface area contributed by atoms with Gasteiger partial charge < -0.3 is 10.1 Å². The van der Waals surface area contributed by atoms with Gasteiger partial charge >= 0.3 is 5.97 Å². The van der Waals surface area contributed by atoms with Crippen molar-refractivity contribution in [3.8, 4) is 0 Å². The molecule has 2 aromatic rings. The summed E-state index contributed by atoms with van der Waals surface area (Å²) in [6.45, 7) is 4.18. The van der Waals surface area contributed by atoms with Gasteiger partial charge in [0, 0.05) is 19.2 Å². The number of nitrogens with zero attached hydrogens (tertiary/aromatic N) is 1.